The number of carbonyl (C=O) groups is 6. The molecule has 524 valence electrons. The number of benzene rings is 3. The van der Waals surface area contributed by atoms with Gasteiger partial charge in [0, 0.05) is 99.0 Å². The van der Waals surface area contributed by atoms with E-state index in [0.29, 0.717) is 80.6 Å². The second kappa shape index (κ2) is 27.3. The zero-order chi connectivity index (χ0) is 72.3. The number of aryl methyl sites for hydroxylation is 1. The molecule has 3 fully saturated rings. The molecule has 0 saturated carbocycles. The van der Waals surface area contributed by atoms with Crippen LogP contribution in [0.1, 0.15) is 198 Å². The van der Waals surface area contributed by atoms with Crippen molar-refractivity contribution in [1.82, 2.24) is 74.1 Å². The van der Waals surface area contributed by atoms with E-state index in [9.17, 15) is 37.5 Å². The smallest absolute Gasteiger partial charge is 0.291 e. The number of rotatable bonds is 8. The van der Waals surface area contributed by atoms with Crippen LogP contribution >= 0.6 is 11.6 Å². The Morgan fingerprint density at radius 1 is 0.620 bits per heavy atom. The maximum Gasteiger partial charge on any atom is 0.291 e. The van der Waals surface area contributed by atoms with Crippen molar-refractivity contribution in [1.29, 1.82) is 0 Å². The van der Waals surface area contributed by atoms with Crippen molar-refractivity contribution in [3.63, 3.8) is 0 Å². The van der Waals surface area contributed by atoms with Crippen LogP contribution in [0, 0.1) is 29.9 Å². The molecule has 3 saturated heterocycles. The lowest BCUT2D eigenvalue weighted by Crippen LogP contribution is -2.63. The summed E-state index contributed by atoms with van der Waals surface area (Å²) in [4.78, 5) is 107. The number of fused-ring (bicyclic) bond motifs is 3. The number of hydrogen-bond acceptors (Lipinski definition) is 14. The van der Waals surface area contributed by atoms with E-state index in [1.165, 1.54) is 18.2 Å². The van der Waals surface area contributed by atoms with Crippen molar-refractivity contribution < 1.29 is 37.5 Å². The number of imidazole rings is 3. The molecule has 10 heterocycles. The zero-order valence-electron chi connectivity index (χ0n) is 59.3. The summed E-state index contributed by atoms with van der Waals surface area (Å²) < 4.78 is 32.2. The first-order valence-electron chi connectivity index (χ1n) is 33.6. The topological polar surface area (TPSA) is 256 Å². The number of piperazine rings is 3. The Labute approximate surface area is 585 Å². The summed E-state index contributed by atoms with van der Waals surface area (Å²) in [5, 5.41) is 20.5. The summed E-state index contributed by atoms with van der Waals surface area (Å²) in [6.45, 7) is 32.3. The fourth-order valence-electron chi connectivity index (χ4n) is 13.2. The summed E-state index contributed by atoms with van der Waals surface area (Å²) in [7, 11) is 0. The third-order valence-electron chi connectivity index (χ3n) is 19.3. The first-order valence-corrected chi connectivity index (χ1v) is 34.0. The molecule has 5 aromatic heterocycles. The average molecular weight is 1380 g/mol. The molecule has 26 heteroatoms. The number of amides is 6. The summed E-state index contributed by atoms with van der Waals surface area (Å²) in [5.74, 6) is 0.0668. The Kier molecular flexibility index (Phi) is 19.5. The van der Waals surface area contributed by atoms with Crippen LogP contribution in [0.5, 0.6) is 0 Å². The number of halogens is 3. The SMILES string of the molecule is CC(C)(C)C1CC(c2ccc(F)cc2)=Nn2cc(C(=O)N3CCNC(=O)C3(C)C)nc21.CC(C)(C)c1cc(-c2ccc(Cl)cc2)nn2cc(C(=O)N3CCN(C(=O)c4ncccn4)CC3(C)C)nc12.Cc1cc(C2=Nn3cc(C(=O)N4CCNC(=O)C4(C)C)nc3C(C(C)C)C2)ccc1F. The molecule has 0 radical (unpaired) electrons. The van der Waals surface area contributed by atoms with Gasteiger partial charge in [-0.15, -0.1) is 0 Å². The molecule has 0 spiro atoms. The molecular weight excluding hydrogens is 1300 g/mol. The summed E-state index contributed by atoms with van der Waals surface area (Å²) in [5.41, 5.74) is 5.24. The van der Waals surface area contributed by atoms with Crippen LogP contribution < -0.4 is 10.6 Å². The Morgan fingerprint density at radius 2 is 1.15 bits per heavy atom. The predicted octanol–water partition coefficient (Wildman–Crippen LogP) is 10.7. The monoisotopic (exact) mass is 1380 g/mol. The van der Waals surface area contributed by atoms with Crippen LogP contribution in [0.25, 0.3) is 16.9 Å². The molecule has 2 N–H and O–H groups in total. The minimum Gasteiger partial charge on any atom is -0.352 e. The van der Waals surface area contributed by atoms with Crippen LogP contribution in [-0.4, -0.2) is 173 Å². The van der Waals surface area contributed by atoms with Crippen molar-refractivity contribution >= 4 is 64.1 Å². The summed E-state index contributed by atoms with van der Waals surface area (Å²) in [6, 6.07) is 22.5. The number of hydrogen-bond donors (Lipinski definition) is 2. The maximum absolute atomic E-state index is 13.8. The highest BCUT2D eigenvalue weighted by Crippen LogP contribution is 2.42. The molecule has 2 atom stereocenters. The first kappa shape index (κ1) is 71.4. The van der Waals surface area contributed by atoms with Crippen LogP contribution in [0.2, 0.25) is 5.02 Å². The van der Waals surface area contributed by atoms with Crippen molar-refractivity contribution in [2.24, 2.45) is 21.5 Å². The number of nitrogens with zero attached hydrogens (tertiary/aromatic N) is 15. The third-order valence-corrected chi connectivity index (χ3v) is 19.5. The second-order valence-corrected chi connectivity index (χ2v) is 30.5. The predicted molar refractivity (Wildman–Crippen MR) is 376 cm³/mol. The van der Waals surface area contributed by atoms with Crippen molar-refractivity contribution in [2.45, 2.75) is 151 Å². The quantitative estimate of drug-likeness (QED) is 0.144. The molecule has 5 aliphatic rings. The van der Waals surface area contributed by atoms with Crippen LogP contribution in [0.3, 0.4) is 0 Å². The van der Waals surface area contributed by atoms with Gasteiger partial charge in [-0.3, -0.25) is 28.8 Å². The van der Waals surface area contributed by atoms with E-state index >= 15 is 0 Å². The van der Waals surface area contributed by atoms with Gasteiger partial charge in [-0.25, -0.2) is 47.6 Å². The number of nitrogens with one attached hydrogen (secondary N) is 2. The Hall–Kier alpha value is -9.91. The van der Waals surface area contributed by atoms with Gasteiger partial charge >= 0.3 is 0 Å². The maximum atomic E-state index is 13.8. The molecule has 0 aliphatic carbocycles. The molecule has 2 unspecified atom stereocenters. The van der Waals surface area contributed by atoms with E-state index in [1.807, 2.05) is 44.2 Å². The van der Waals surface area contributed by atoms with Crippen LogP contribution in [-0.2, 0) is 15.0 Å². The van der Waals surface area contributed by atoms with Crippen LogP contribution in [0.15, 0.2) is 120 Å². The van der Waals surface area contributed by atoms with Gasteiger partial charge in [0.05, 0.1) is 41.2 Å². The highest BCUT2D eigenvalue weighted by atomic mass is 35.5. The van der Waals surface area contributed by atoms with Crippen molar-refractivity contribution in [3.8, 4) is 11.3 Å². The van der Waals surface area contributed by atoms with E-state index in [-0.39, 0.29) is 92.9 Å². The molecular formula is C74H86ClF2N17O6. The Bertz CT molecular complexity index is 4560. The molecule has 100 heavy (non-hydrogen) atoms. The fraction of sp³-hybridized carbons (Fsp3) is 0.432. The fourth-order valence-corrected chi connectivity index (χ4v) is 13.3. The van der Waals surface area contributed by atoms with Gasteiger partial charge in [-0.2, -0.15) is 15.3 Å². The highest BCUT2D eigenvalue weighted by molar-refractivity contribution is 6.30. The first-order chi connectivity index (χ1) is 47.0. The zero-order valence-corrected chi connectivity index (χ0v) is 60.0. The molecule has 0 bridgehead atoms. The van der Waals surface area contributed by atoms with Gasteiger partial charge in [0.15, 0.2) is 5.65 Å². The molecule has 8 aromatic rings. The number of aromatic nitrogens is 9. The normalized spacial score (nSPS) is 18.7. The van der Waals surface area contributed by atoms with E-state index in [0.717, 1.165) is 51.0 Å². The number of carbonyl (C=O) groups excluding carboxylic acids is 6. The third kappa shape index (κ3) is 14.4. The lowest BCUT2D eigenvalue weighted by molar-refractivity contribution is -0.133. The molecule has 6 amide bonds. The second-order valence-electron chi connectivity index (χ2n) is 30.1. The summed E-state index contributed by atoms with van der Waals surface area (Å²) in [6.07, 6.45) is 9.37. The van der Waals surface area contributed by atoms with Gasteiger partial charge in [0.25, 0.3) is 23.6 Å². The largest absolute Gasteiger partial charge is 0.352 e. The van der Waals surface area contributed by atoms with Crippen LogP contribution in [0.4, 0.5) is 8.78 Å². The van der Waals surface area contributed by atoms with Gasteiger partial charge < -0.3 is 30.2 Å². The molecule has 3 aromatic carbocycles. The van der Waals surface area contributed by atoms with E-state index in [2.05, 4.69) is 86.0 Å². The van der Waals surface area contributed by atoms with E-state index in [1.54, 1.807) is 129 Å². The van der Waals surface area contributed by atoms with Crippen molar-refractivity contribution in [2.75, 3.05) is 45.8 Å². The lowest BCUT2D eigenvalue weighted by Gasteiger charge is -2.46. The summed E-state index contributed by atoms with van der Waals surface area (Å²) >= 11 is 6.08. The van der Waals surface area contributed by atoms with Gasteiger partial charge in [-0.1, -0.05) is 97.3 Å². The molecule has 23 nitrogen and oxygen atoms in total. The lowest BCUT2D eigenvalue weighted by atomic mass is 9.76. The van der Waals surface area contributed by atoms with Crippen molar-refractivity contribution in [3.05, 3.63) is 183 Å². The average Bonchev–Trinajstić information content (AvgIpc) is 1.61. The van der Waals surface area contributed by atoms with Gasteiger partial charge in [0.1, 0.15) is 51.4 Å². The standard InChI is InChI=1S/C28H30ClN7O2.2C23H28FN5O2/c1-27(2,3)20-15-21(18-7-9-19(29)10-8-18)33-36-16-22(32-24(20)36)25(37)35-14-13-34(17-28(35,4)5)26(38)23-30-11-6-12-31-23;1-22(2,3)16-12-17(14-6-8-15(24)9-7-14)27-29-13-18(26-19(16)29)20(30)28-11-10-25-21(31)23(28,4)5;1-13(2)16-11-18(15-6-7-17(24)14(3)10-15)27-29-12-19(26-20(16)29)21(30)28-9-8-25-22(31)23(28,4)5/h6-12,15-16H,13-14,17H2,1-5H3;6-9,13,16H,10-12H2,1-5H3,(H,25,31);6-7,10,12-13,16H,8-9,11H2,1-5H3,(H,25,31). The Balaban J connectivity index is 0.000000152. The van der Waals surface area contributed by atoms with E-state index in [4.69, 9.17) is 31.9 Å². The molecule has 5 aliphatic heterocycles. The van der Waals surface area contributed by atoms with E-state index < -0.39 is 16.6 Å². The van der Waals surface area contributed by atoms with Gasteiger partial charge in [-0.05, 0) is 130 Å². The highest BCUT2D eigenvalue weighted by Gasteiger charge is 2.45. The Morgan fingerprint density at radius 3 is 1.70 bits per heavy atom. The minimum absolute atomic E-state index is 0.0178. The molecule has 13 rings (SSSR count). The van der Waals surface area contributed by atoms with Gasteiger partial charge in [0.2, 0.25) is 17.6 Å². The minimum atomic E-state index is -0.953.